The Kier molecular flexibility index (Phi) is 5.42. The topological polar surface area (TPSA) is 100 Å². The van der Waals surface area contributed by atoms with Gasteiger partial charge < -0.3 is 10.2 Å². The highest BCUT2D eigenvalue weighted by molar-refractivity contribution is 8.01. The summed E-state index contributed by atoms with van der Waals surface area (Å²) in [7, 11) is 0. The Balaban J connectivity index is 1.25. The molecule has 0 radical (unpaired) electrons. The lowest BCUT2D eigenvalue weighted by atomic mass is 9.46. The van der Waals surface area contributed by atoms with E-state index in [9.17, 15) is 19.8 Å². The van der Waals surface area contributed by atoms with Crippen LogP contribution < -0.4 is 0 Å². The summed E-state index contributed by atoms with van der Waals surface area (Å²) >= 11 is 2.82. The average molecular weight is 511 g/mol. The minimum Gasteiger partial charge on any atom is -0.393 e. The molecule has 2 N–H and O–H groups in total. The minimum absolute atomic E-state index is 0.00741. The van der Waals surface area contributed by atoms with E-state index in [2.05, 4.69) is 16.9 Å². The second kappa shape index (κ2) is 8.07. The summed E-state index contributed by atoms with van der Waals surface area (Å²) in [5.41, 5.74) is -0.551. The summed E-state index contributed by atoms with van der Waals surface area (Å²) in [5, 5.41) is 23.4. The van der Waals surface area contributed by atoms with Gasteiger partial charge in [0.2, 0.25) is 0 Å². The zero-order valence-electron chi connectivity index (χ0n) is 19.9. The van der Waals surface area contributed by atoms with Crippen LogP contribution in [0.3, 0.4) is 0 Å². The third-order valence-corrected chi connectivity index (χ3v) is 11.7. The number of aliphatic hydroxyl groups excluding tert-OH is 1. The maximum Gasteiger partial charge on any atom is 0.178 e. The number of carbonyl (C=O) groups is 2. The van der Waals surface area contributed by atoms with Gasteiger partial charge in [-0.1, -0.05) is 48.6 Å². The van der Waals surface area contributed by atoms with Crippen molar-refractivity contribution >= 4 is 45.0 Å². The third-order valence-electron chi connectivity index (χ3n) is 9.58. The van der Waals surface area contributed by atoms with Gasteiger partial charge >= 0.3 is 0 Å². The number of aliphatic hydroxyl groups is 2. The van der Waals surface area contributed by atoms with E-state index in [0.717, 1.165) is 39.5 Å². The second-order valence-electron chi connectivity index (χ2n) is 11.1. The van der Waals surface area contributed by atoms with Crippen molar-refractivity contribution in [3.8, 4) is 0 Å². The molecular formula is C27H30N2O4S2. The van der Waals surface area contributed by atoms with Crippen LogP contribution in [0.25, 0.3) is 10.3 Å². The SMILES string of the molecule is CC12C=CC(=O)C=C1CCC1C2[C@@H](O)CC2(C)C1CC[C@]2(O)C(=O)CSc1nc2cccnc2s1. The first-order valence-electron chi connectivity index (χ1n) is 12.4. The number of aromatic nitrogens is 2. The standard InChI is InChI=1S/C27H30N2O4S2/c1-25-9-7-16(30)12-15(25)5-6-17-18-8-10-27(33,26(18,2)13-20(31)22(17)25)21(32)14-34-24-29-19-4-3-11-28-23(19)35-24/h3-4,7,9,11-12,17-18,20,22,31,33H,5-6,8,10,13-14H2,1-2H3/t17?,18?,20-,22?,25?,26?,27-/m0/s1. The first-order valence-corrected chi connectivity index (χ1v) is 14.2. The van der Waals surface area contributed by atoms with Crippen molar-refractivity contribution in [3.63, 3.8) is 0 Å². The van der Waals surface area contributed by atoms with Crippen molar-refractivity contribution in [2.45, 2.75) is 62.0 Å². The molecule has 0 bridgehead atoms. The molecular weight excluding hydrogens is 480 g/mol. The van der Waals surface area contributed by atoms with E-state index >= 15 is 0 Å². The Morgan fingerprint density at radius 3 is 2.94 bits per heavy atom. The van der Waals surface area contributed by atoms with Crippen molar-refractivity contribution in [1.82, 2.24) is 9.97 Å². The zero-order valence-corrected chi connectivity index (χ0v) is 21.6. The fourth-order valence-corrected chi connectivity index (χ4v) is 9.79. The Hall–Kier alpha value is -1.87. The molecule has 5 unspecified atom stereocenters. The molecule has 6 rings (SSSR count). The van der Waals surface area contributed by atoms with Crippen LogP contribution in [0.5, 0.6) is 0 Å². The number of rotatable bonds is 4. The molecule has 6 nitrogen and oxygen atoms in total. The van der Waals surface area contributed by atoms with Gasteiger partial charge in [-0.15, -0.1) is 0 Å². The average Bonchev–Trinajstić information content (AvgIpc) is 3.36. The predicted octanol–water partition coefficient (Wildman–Crippen LogP) is 4.36. The highest BCUT2D eigenvalue weighted by Crippen LogP contribution is 2.67. The molecule has 0 aromatic carbocycles. The molecule has 4 aliphatic rings. The number of thioether (sulfide) groups is 1. The van der Waals surface area contributed by atoms with Gasteiger partial charge in [-0.2, -0.15) is 0 Å². The highest BCUT2D eigenvalue weighted by Gasteiger charge is 2.67. The lowest BCUT2D eigenvalue weighted by Gasteiger charge is -2.59. The molecule has 3 fully saturated rings. The first-order chi connectivity index (χ1) is 16.7. The molecule has 2 heterocycles. The van der Waals surface area contributed by atoms with Gasteiger partial charge in [0.1, 0.15) is 15.9 Å². The number of ketones is 2. The monoisotopic (exact) mass is 510 g/mol. The van der Waals surface area contributed by atoms with E-state index in [1.165, 1.54) is 23.1 Å². The Bertz CT molecular complexity index is 1250. The number of Topliss-reactive ketones (excluding diaryl/α,β-unsaturated/α-hetero) is 1. The van der Waals surface area contributed by atoms with Gasteiger partial charge in [-0.25, -0.2) is 9.97 Å². The molecule has 4 aliphatic carbocycles. The number of thiazole rings is 1. The molecule has 8 heteroatoms. The maximum absolute atomic E-state index is 13.6. The fraction of sp³-hybridized carbons (Fsp3) is 0.556. The Labute approximate surface area is 212 Å². The Morgan fingerprint density at radius 1 is 1.31 bits per heavy atom. The summed E-state index contributed by atoms with van der Waals surface area (Å²) in [5.74, 6) is 0.356. The summed E-state index contributed by atoms with van der Waals surface area (Å²) in [4.78, 5) is 35.3. The van der Waals surface area contributed by atoms with Crippen LogP contribution in [0, 0.1) is 28.6 Å². The number of fused-ring (bicyclic) bond motifs is 6. The first kappa shape index (κ1) is 23.5. The van der Waals surface area contributed by atoms with Gasteiger partial charge in [0.05, 0.1) is 11.9 Å². The number of pyridine rings is 1. The minimum atomic E-state index is -1.46. The van der Waals surface area contributed by atoms with Crippen molar-refractivity contribution in [3.05, 3.63) is 42.1 Å². The molecule has 0 amide bonds. The highest BCUT2D eigenvalue weighted by atomic mass is 32.2. The van der Waals surface area contributed by atoms with Crippen molar-refractivity contribution in [2.75, 3.05) is 5.75 Å². The molecule has 0 saturated heterocycles. The quantitative estimate of drug-likeness (QED) is 0.590. The van der Waals surface area contributed by atoms with Gasteiger partial charge in [0.15, 0.2) is 15.9 Å². The molecule has 184 valence electrons. The number of nitrogens with zero attached hydrogens (tertiary/aromatic N) is 2. The largest absolute Gasteiger partial charge is 0.393 e. The summed E-state index contributed by atoms with van der Waals surface area (Å²) in [6.07, 6.45) is 9.76. The molecule has 7 atom stereocenters. The van der Waals surface area contributed by atoms with Crippen LogP contribution in [0.2, 0.25) is 0 Å². The third kappa shape index (κ3) is 3.36. The number of hydrogen-bond acceptors (Lipinski definition) is 8. The molecule has 35 heavy (non-hydrogen) atoms. The van der Waals surface area contributed by atoms with Crippen LogP contribution in [0.4, 0.5) is 0 Å². The van der Waals surface area contributed by atoms with Crippen molar-refractivity contribution in [2.24, 2.45) is 28.6 Å². The van der Waals surface area contributed by atoms with Crippen LogP contribution in [-0.4, -0.2) is 49.2 Å². The van der Waals surface area contributed by atoms with E-state index in [1.54, 1.807) is 18.3 Å². The van der Waals surface area contributed by atoms with Gasteiger partial charge in [-0.05, 0) is 68.2 Å². The summed E-state index contributed by atoms with van der Waals surface area (Å²) in [6.45, 7) is 4.16. The lowest BCUT2D eigenvalue weighted by Crippen LogP contribution is -2.61. The van der Waals surface area contributed by atoms with Crippen molar-refractivity contribution in [1.29, 1.82) is 0 Å². The van der Waals surface area contributed by atoms with Crippen LogP contribution in [0.15, 0.2) is 46.5 Å². The van der Waals surface area contributed by atoms with E-state index < -0.39 is 17.1 Å². The maximum atomic E-state index is 13.6. The summed E-state index contributed by atoms with van der Waals surface area (Å²) < 4.78 is 0.775. The van der Waals surface area contributed by atoms with Crippen LogP contribution in [0.1, 0.15) is 46.0 Å². The fourth-order valence-electron chi connectivity index (χ4n) is 7.85. The lowest BCUT2D eigenvalue weighted by molar-refractivity contribution is -0.174. The molecule has 3 saturated carbocycles. The normalized spacial score (nSPS) is 40.2. The number of hydrogen-bond donors (Lipinski definition) is 2. The number of carbonyl (C=O) groups excluding carboxylic acids is 2. The molecule has 2 aromatic rings. The molecule has 0 aliphatic heterocycles. The van der Waals surface area contributed by atoms with E-state index in [1.807, 2.05) is 25.1 Å². The van der Waals surface area contributed by atoms with Gasteiger partial charge in [0, 0.05) is 22.9 Å². The van der Waals surface area contributed by atoms with E-state index in [4.69, 9.17) is 0 Å². The molecule has 0 spiro atoms. The predicted molar refractivity (Wildman–Crippen MR) is 136 cm³/mol. The number of allylic oxidation sites excluding steroid dienone is 4. The smallest absolute Gasteiger partial charge is 0.178 e. The zero-order chi connectivity index (χ0) is 24.6. The Morgan fingerprint density at radius 2 is 2.14 bits per heavy atom. The van der Waals surface area contributed by atoms with Gasteiger partial charge in [-0.3, -0.25) is 9.59 Å². The van der Waals surface area contributed by atoms with E-state index in [0.29, 0.717) is 12.8 Å². The molecule has 2 aromatic heterocycles. The van der Waals surface area contributed by atoms with Crippen molar-refractivity contribution < 1.29 is 19.8 Å². The van der Waals surface area contributed by atoms with Gasteiger partial charge in [0.25, 0.3) is 0 Å². The second-order valence-corrected chi connectivity index (χ2v) is 13.3. The van der Waals surface area contributed by atoms with Crippen LogP contribution >= 0.6 is 23.1 Å². The summed E-state index contributed by atoms with van der Waals surface area (Å²) in [6, 6.07) is 3.75. The van der Waals surface area contributed by atoms with E-state index in [-0.39, 0.29) is 40.5 Å². The van der Waals surface area contributed by atoms with Crippen LogP contribution in [-0.2, 0) is 9.59 Å².